The molecule has 0 saturated carbocycles. The number of carbonyl (C=O) groups excluding carboxylic acids is 2. The van der Waals surface area contributed by atoms with E-state index in [4.69, 9.17) is 16.3 Å². The van der Waals surface area contributed by atoms with Crippen LogP contribution in [-0.4, -0.2) is 49.4 Å². The molecule has 0 radical (unpaired) electrons. The first-order chi connectivity index (χ1) is 19.0. The number of nitrogens with zero attached hydrogens (tertiary/aromatic N) is 4. The van der Waals surface area contributed by atoms with Crippen molar-refractivity contribution < 1.29 is 18.7 Å². The monoisotopic (exact) mass is 545 g/mol. The highest BCUT2D eigenvalue weighted by Crippen LogP contribution is 2.28. The van der Waals surface area contributed by atoms with Gasteiger partial charge in [-0.15, -0.1) is 5.10 Å². The Balaban J connectivity index is 0.000000292. The van der Waals surface area contributed by atoms with Crippen LogP contribution in [0.3, 0.4) is 0 Å². The van der Waals surface area contributed by atoms with Crippen molar-refractivity contribution in [2.45, 2.75) is 19.4 Å². The number of halogens is 2. The Morgan fingerprint density at radius 2 is 1.74 bits per heavy atom. The molecule has 3 heterocycles. The van der Waals surface area contributed by atoms with Gasteiger partial charge in [-0.1, -0.05) is 41.6 Å². The van der Waals surface area contributed by atoms with E-state index in [-0.39, 0.29) is 11.6 Å². The van der Waals surface area contributed by atoms with Gasteiger partial charge < -0.3 is 4.74 Å². The molecule has 0 bridgehead atoms. The van der Waals surface area contributed by atoms with E-state index in [1.165, 1.54) is 24.3 Å². The van der Waals surface area contributed by atoms with Gasteiger partial charge in [0.2, 0.25) is 5.78 Å². The summed E-state index contributed by atoms with van der Waals surface area (Å²) in [5.41, 5.74) is 3.56. The van der Waals surface area contributed by atoms with Crippen molar-refractivity contribution in [2.24, 2.45) is 5.92 Å². The number of benzene rings is 3. The molecule has 1 N–H and O–H groups in total. The van der Waals surface area contributed by atoms with Gasteiger partial charge in [-0.2, -0.15) is 5.10 Å². The Morgan fingerprint density at radius 1 is 1.00 bits per heavy atom. The van der Waals surface area contributed by atoms with E-state index in [1.807, 2.05) is 24.3 Å². The van der Waals surface area contributed by atoms with Gasteiger partial charge in [0.15, 0.2) is 0 Å². The summed E-state index contributed by atoms with van der Waals surface area (Å²) in [5.74, 6) is -0.246. The molecule has 39 heavy (non-hydrogen) atoms. The van der Waals surface area contributed by atoms with E-state index in [9.17, 15) is 14.0 Å². The third kappa shape index (κ3) is 6.27. The molecule has 0 spiro atoms. The van der Waals surface area contributed by atoms with Gasteiger partial charge in [-0.25, -0.2) is 9.07 Å². The molecular formula is C29H25ClFN5O3. The summed E-state index contributed by atoms with van der Waals surface area (Å²) in [6, 6.07) is 20.0. The fraction of sp³-hybridized carbons (Fsp3) is 0.207. The zero-order valence-electron chi connectivity index (χ0n) is 20.9. The quantitative estimate of drug-likeness (QED) is 0.217. The van der Waals surface area contributed by atoms with Gasteiger partial charge in [0.05, 0.1) is 11.7 Å². The van der Waals surface area contributed by atoms with Crippen molar-refractivity contribution in [2.75, 3.05) is 13.2 Å². The molecular weight excluding hydrogens is 521 g/mol. The van der Waals surface area contributed by atoms with Gasteiger partial charge >= 0.3 is 0 Å². The smallest absolute Gasteiger partial charge is 0.252 e. The SMILES string of the molecule is O=C(Cl)c1ccccc1.O=C(c1ccc(F)cc1)c1c(-c2ccc3[nH]ncc3c2)nnn1CC1CCOCC1. The number of fused-ring (bicyclic) bond motifs is 1. The second kappa shape index (κ2) is 12.1. The summed E-state index contributed by atoms with van der Waals surface area (Å²) >= 11 is 5.16. The van der Waals surface area contributed by atoms with Gasteiger partial charge in [-0.3, -0.25) is 14.7 Å². The fourth-order valence-electron chi connectivity index (χ4n) is 4.43. The lowest BCUT2D eigenvalue weighted by atomic mass is 9.99. The minimum atomic E-state index is -0.407. The van der Waals surface area contributed by atoms with E-state index in [0.29, 0.717) is 48.2 Å². The normalized spacial score (nSPS) is 13.6. The third-order valence-electron chi connectivity index (χ3n) is 6.54. The standard InChI is InChI=1S/C22H20FN5O2.C7H5ClO/c23-18-4-1-15(2-5-18)22(29)21-20(16-3-6-19-17(11-16)12-24-25-19)26-27-28(21)13-14-7-9-30-10-8-14;8-7(9)6-4-2-1-3-5-6/h1-6,11-12,14H,7-10,13H2,(H,24,25);1-5H. The number of H-pyrrole nitrogens is 1. The first-order valence-electron chi connectivity index (χ1n) is 12.5. The molecule has 198 valence electrons. The van der Waals surface area contributed by atoms with Gasteiger partial charge in [0.25, 0.3) is 5.24 Å². The fourth-order valence-corrected chi connectivity index (χ4v) is 4.56. The number of nitrogens with one attached hydrogen (secondary N) is 1. The second-order valence-electron chi connectivity index (χ2n) is 9.17. The molecule has 2 aromatic heterocycles. The maximum absolute atomic E-state index is 13.4. The van der Waals surface area contributed by atoms with Crippen molar-refractivity contribution in [3.63, 3.8) is 0 Å². The van der Waals surface area contributed by atoms with E-state index < -0.39 is 5.24 Å². The maximum Gasteiger partial charge on any atom is 0.252 e. The summed E-state index contributed by atoms with van der Waals surface area (Å²) in [6.45, 7) is 2.02. The van der Waals surface area contributed by atoms with Crippen LogP contribution in [0, 0.1) is 11.7 Å². The number of aromatic nitrogens is 5. The summed E-state index contributed by atoms with van der Waals surface area (Å²) in [6.07, 6.45) is 3.56. The molecule has 0 amide bonds. The lowest BCUT2D eigenvalue weighted by Crippen LogP contribution is -2.23. The Morgan fingerprint density at radius 3 is 2.44 bits per heavy atom. The van der Waals surface area contributed by atoms with Crippen LogP contribution in [-0.2, 0) is 11.3 Å². The highest BCUT2D eigenvalue weighted by Gasteiger charge is 2.25. The second-order valence-corrected chi connectivity index (χ2v) is 9.52. The first-order valence-corrected chi connectivity index (χ1v) is 12.9. The van der Waals surface area contributed by atoms with Crippen LogP contribution in [0.1, 0.15) is 39.3 Å². The largest absolute Gasteiger partial charge is 0.381 e. The number of carbonyl (C=O) groups is 2. The first kappa shape index (κ1) is 26.4. The molecule has 0 unspecified atom stereocenters. The minimum absolute atomic E-state index is 0.227. The molecule has 8 nitrogen and oxygen atoms in total. The number of hydrogen-bond donors (Lipinski definition) is 1. The number of ketones is 1. The zero-order chi connectivity index (χ0) is 27.2. The van der Waals surface area contributed by atoms with E-state index in [0.717, 1.165) is 29.3 Å². The van der Waals surface area contributed by atoms with Crippen molar-refractivity contribution in [1.82, 2.24) is 25.2 Å². The number of ether oxygens (including phenoxy) is 1. The molecule has 6 rings (SSSR count). The lowest BCUT2D eigenvalue weighted by Gasteiger charge is -2.22. The van der Waals surface area contributed by atoms with Gasteiger partial charge in [0.1, 0.15) is 17.2 Å². The predicted octanol–water partition coefficient (Wildman–Crippen LogP) is 5.68. The van der Waals surface area contributed by atoms with Gasteiger partial charge in [0, 0.05) is 41.8 Å². The molecule has 5 aromatic rings. The summed E-state index contributed by atoms with van der Waals surface area (Å²) < 4.78 is 20.5. The number of hydrogen-bond acceptors (Lipinski definition) is 6. The zero-order valence-corrected chi connectivity index (χ0v) is 21.6. The number of aromatic amines is 1. The van der Waals surface area contributed by atoms with Crippen LogP contribution in [0.5, 0.6) is 0 Å². The van der Waals surface area contributed by atoms with Crippen LogP contribution in [0.4, 0.5) is 4.39 Å². The molecule has 0 aliphatic carbocycles. The van der Waals surface area contributed by atoms with Crippen LogP contribution in [0.25, 0.3) is 22.2 Å². The van der Waals surface area contributed by atoms with Crippen LogP contribution >= 0.6 is 11.6 Å². The highest BCUT2D eigenvalue weighted by atomic mass is 35.5. The van der Waals surface area contributed by atoms with Gasteiger partial charge in [-0.05, 0) is 66.8 Å². The predicted molar refractivity (Wildman–Crippen MR) is 145 cm³/mol. The maximum atomic E-state index is 13.4. The average Bonchev–Trinajstić information content (AvgIpc) is 3.61. The molecule has 1 fully saturated rings. The molecule has 10 heteroatoms. The minimum Gasteiger partial charge on any atom is -0.381 e. The molecule has 0 atom stereocenters. The molecule has 1 saturated heterocycles. The Kier molecular flexibility index (Phi) is 8.19. The third-order valence-corrected chi connectivity index (χ3v) is 6.76. The van der Waals surface area contributed by atoms with Crippen molar-refractivity contribution in [1.29, 1.82) is 0 Å². The van der Waals surface area contributed by atoms with Crippen molar-refractivity contribution >= 4 is 33.5 Å². The van der Waals surface area contributed by atoms with E-state index in [1.54, 1.807) is 35.1 Å². The summed E-state index contributed by atoms with van der Waals surface area (Å²) in [5, 5.41) is 16.2. The number of rotatable bonds is 6. The molecule has 1 aliphatic heterocycles. The topological polar surface area (TPSA) is 103 Å². The summed E-state index contributed by atoms with van der Waals surface area (Å²) in [4.78, 5) is 23.8. The van der Waals surface area contributed by atoms with Crippen molar-refractivity contribution in [3.05, 3.63) is 102 Å². The lowest BCUT2D eigenvalue weighted by molar-refractivity contribution is 0.0596. The van der Waals surface area contributed by atoms with Crippen LogP contribution < -0.4 is 0 Å². The summed E-state index contributed by atoms with van der Waals surface area (Å²) in [7, 11) is 0. The molecule has 3 aromatic carbocycles. The Labute approximate surface area is 228 Å². The Bertz CT molecular complexity index is 1580. The van der Waals surface area contributed by atoms with E-state index >= 15 is 0 Å². The average molecular weight is 546 g/mol. The van der Waals surface area contributed by atoms with Crippen molar-refractivity contribution in [3.8, 4) is 11.3 Å². The Hall–Kier alpha value is -4.21. The van der Waals surface area contributed by atoms with Crippen LogP contribution in [0.15, 0.2) is 79.0 Å². The van der Waals surface area contributed by atoms with E-state index in [2.05, 4.69) is 20.5 Å². The highest BCUT2D eigenvalue weighted by molar-refractivity contribution is 6.67. The molecule has 1 aliphatic rings. The van der Waals surface area contributed by atoms with Crippen LogP contribution in [0.2, 0.25) is 0 Å².